The normalized spacial score (nSPS) is 17.5. The summed E-state index contributed by atoms with van der Waals surface area (Å²) in [4.78, 5) is 21.1. The van der Waals surface area contributed by atoms with E-state index in [1.54, 1.807) is 23.1 Å². The zero-order valence-electron chi connectivity index (χ0n) is 16.9. The Labute approximate surface area is 180 Å². The van der Waals surface area contributed by atoms with Crippen LogP contribution in [-0.2, 0) is 25.1 Å². The molecule has 0 aliphatic heterocycles. The number of benzene rings is 1. The molecule has 29 heavy (non-hydrogen) atoms. The molecule has 2 heterocycles. The number of thioether (sulfide) groups is 1. The fraction of sp³-hybridized carbons (Fsp3) is 0.500. The molecule has 5 rings (SSSR count). The summed E-state index contributed by atoms with van der Waals surface area (Å²) in [6.07, 6.45) is 11.0. The molecule has 0 bridgehead atoms. The molecule has 1 aromatic carbocycles. The Kier molecular flexibility index (Phi) is 5.78. The van der Waals surface area contributed by atoms with Crippen molar-refractivity contribution in [2.45, 2.75) is 75.2 Å². The van der Waals surface area contributed by atoms with E-state index in [-0.39, 0.29) is 5.56 Å². The third-order valence-corrected chi connectivity index (χ3v) is 8.65. The Morgan fingerprint density at radius 1 is 1.03 bits per heavy atom. The average Bonchev–Trinajstić information content (AvgIpc) is 3.14. The first-order chi connectivity index (χ1) is 14.3. The second-order valence-corrected chi connectivity index (χ2v) is 10.5. The van der Waals surface area contributed by atoms with Crippen LogP contribution in [0.3, 0.4) is 0 Å². The maximum atomic E-state index is 13.7. The summed E-state index contributed by atoms with van der Waals surface area (Å²) in [5, 5.41) is 1.85. The number of aryl methyl sites for hydroxylation is 2. The molecule has 1 fully saturated rings. The second kappa shape index (κ2) is 8.65. The Hall–Kier alpha value is -1.59. The highest BCUT2D eigenvalue weighted by atomic mass is 32.2. The molecule has 0 spiro atoms. The van der Waals surface area contributed by atoms with Crippen LogP contribution in [0.4, 0.5) is 0 Å². The Balaban J connectivity index is 1.55. The smallest absolute Gasteiger partial charge is 0.263 e. The van der Waals surface area contributed by atoms with Gasteiger partial charge in [-0.25, -0.2) is 4.98 Å². The van der Waals surface area contributed by atoms with Crippen molar-refractivity contribution in [2.24, 2.45) is 5.92 Å². The van der Waals surface area contributed by atoms with Crippen molar-refractivity contribution in [3.8, 4) is 0 Å². The fourth-order valence-corrected chi connectivity index (χ4v) is 7.11. The van der Waals surface area contributed by atoms with Crippen LogP contribution < -0.4 is 5.56 Å². The van der Waals surface area contributed by atoms with Crippen molar-refractivity contribution in [2.75, 3.05) is 0 Å². The van der Waals surface area contributed by atoms with Gasteiger partial charge in [0, 0.05) is 17.2 Å². The van der Waals surface area contributed by atoms with Gasteiger partial charge in [-0.15, -0.1) is 11.3 Å². The molecule has 0 radical (unpaired) electrons. The van der Waals surface area contributed by atoms with E-state index < -0.39 is 0 Å². The van der Waals surface area contributed by atoms with Crippen LogP contribution in [0.1, 0.15) is 60.9 Å². The van der Waals surface area contributed by atoms with Crippen molar-refractivity contribution < 1.29 is 0 Å². The van der Waals surface area contributed by atoms with Gasteiger partial charge in [0.15, 0.2) is 5.16 Å². The zero-order chi connectivity index (χ0) is 19.6. The lowest BCUT2D eigenvalue weighted by molar-refractivity contribution is 0.306. The predicted molar refractivity (Wildman–Crippen MR) is 123 cm³/mol. The Morgan fingerprint density at radius 3 is 2.66 bits per heavy atom. The van der Waals surface area contributed by atoms with Gasteiger partial charge in [0.2, 0.25) is 0 Å². The summed E-state index contributed by atoms with van der Waals surface area (Å²) >= 11 is 3.49. The molecular weight excluding hydrogens is 396 g/mol. The molecule has 3 aromatic rings. The molecule has 152 valence electrons. The van der Waals surface area contributed by atoms with E-state index in [0.717, 1.165) is 40.5 Å². The third kappa shape index (κ3) is 4.04. The summed E-state index contributed by atoms with van der Waals surface area (Å²) < 4.78 is 2.04. The minimum atomic E-state index is 0.218. The summed E-state index contributed by atoms with van der Waals surface area (Å²) in [7, 11) is 0. The number of aromatic nitrogens is 2. The molecule has 2 aliphatic carbocycles. The Morgan fingerprint density at radius 2 is 1.83 bits per heavy atom. The SMILES string of the molecule is O=c1c2c3c(sc2nc(SCc2ccccc2)n1CC1CCCCC1)CCCC3. The fourth-order valence-electron chi connectivity index (χ4n) is 4.84. The molecule has 0 unspecified atom stereocenters. The summed E-state index contributed by atoms with van der Waals surface area (Å²) in [5.74, 6) is 1.47. The van der Waals surface area contributed by atoms with Gasteiger partial charge < -0.3 is 0 Å². The van der Waals surface area contributed by atoms with Gasteiger partial charge in [-0.05, 0) is 55.6 Å². The van der Waals surface area contributed by atoms with Gasteiger partial charge in [-0.1, -0.05) is 61.4 Å². The molecule has 0 atom stereocenters. The van der Waals surface area contributed by atoms with Crippen LogP contribution in [0.25, 0.3) is 10.2 Å². The van der Waals surface area contributed by atoms with E-state index in [1.165, 1.54) is 60.9 Å². The van der Waals surface area contributed by atoms with Crippen molar-refractivity contribution in [1.82, 2.24) is 9.55 Å². The van der Waals surface area contributed by atoms with Crippen LogP contribution in [0.2, 0.25) is 0 Å². The monoisotopic (exact) mass is 424 g/mol. The summed E-state index contributed by atoms with van der Waals surface area (Å²) in [6.45, 7) is 0.837. The maximum Gasteiger partial charge on any atom is 0.263 e. The molecule has 2 aliphatic rings. The number of thiophene rings is 1. The first kappa shape index (κ1) is 19.4. The van der Waals surface area contributed by atoms with Crippen molar-refractivity contribution in [1.29, 1.82) is 0 Å². The van der Waals surface area contributed by atoms with Gasteiger partial charge >= 0.3 is 0 Å². The van der Waals surface area contributed by atoms with E-state index in [0.29, 0.717) is 5.92 Å². The van der Waals surface area contributed by atoms with E-state index in [1.807, 2.05) is 10.6 Å². The van der Waals surface area contributed by atoms with E-state index >= 15 is 0 Å². The molecule has 2 aromatic heterocycles. The molecule has 0 N–H and O–H groups in total. The van der Waals surface area contributed by atoms with Gasteiger partial charge in [0.25, 0.3) is 5.56 Å². The zero-order valence-corrected chi connectivity index (χ0v) is 18.5. The van der Waals surface area contributed by atoms with Crippen LogP contribution in [0, 0.1) is 5.92 Å². The highest BCUT2D eigenvalue weighted by molar-refractivity contribution is 7.98. The largest absolute Gasteiger partial charge is 0.287 e. The van der Waals surface area contributed by atoms with E-state index in [2.05, 4.69) is 24.3 Å². The van der Waals surface area contributed by atoms with Crippen LogP contribution in [-0.4, -0.2) is 9.55 Å². The molecule has 0 saturated heterocycles. The lowest BCUT2D eigenvalue weighted by Gasteiger charge is -2.23. The molecule has 0 amide bonds. The highest BCUT2D eigenvalue weighted by Gasteiger charge is 2.24. The minimum Gasteiger partial charge on any atom is -0.287 e. The van der Waals surface area contributed by atoms with Crippen molar-refractivity contribution in [3.63, 3.8) is 0 Å². The molecule has 1 saturated carbocycles. The average molecular weight is 425 g/mol. The van der Waals surface area contributed by atoms with Crippen molar-refractivity contribution in [3.05, 3.63) is 56.7 Å². The van der Waals surface area contributed by atoms with Gasteiger partial charge in [-0.2, -0.15) is 0 Å². The van der Waals surface area contributed by atoms with Gasteiger partial charge in [-0.3, -0.25) is 9.36 Å². The minimum absolute atomic E-state index is 0.218. The Bertz CT molecular complexity index is 1050. The van der Waals surface area contributed by atoms with Gasteiger partial charge in [0.05, 0.1) is 5.39 Å². The highest BCUT2D eigenvalue weighted by Crippen LogP contribution is 2.35. The second-order valence-electron chi connectivity index (χ2n) is 8.48. The number of nitrogens with zero attached hydrogens (tertiary/aromatic N) is 2. The van der Waals surface area contributed by atoms with Crippen molar-refractivity contribution >= 4 is 33.3 Å². The quantitative estimate of drug-likeness (QED) is 0.361. The number of fused-ring (bicyclic) bond motifs is 3. The van der Waals surface area contributed by atoms with Gasteiger partial charge in [0.1, 0.15) is 4.83 Å². The lowest BCUT2D eigenvalue weighted by Crippen LogP contribution is -2.28. The van der Waals surface area contributed by atoms with E-state index in [4.69, 9.17) is 4.98 Å². The molecule has 3 nitrogen and oxygen atoms in total. The van der Waals surface area contributed by atoms with Crippen LogP contribution >= 0.6 is 23.1 Å². The summed E-state index contributed by atoms with van der Waals surface area (Å²) in [6, 6.07) is 10.5. The third-order valence-electron chi connectivity index (χ3n) is 6.42. The topological polar surface area (TPSA) is 34.9 Å². The number of hydrogen-bond acceptors (Lipinski definition) is 4. The summed E-state index contributed by atoms with van der Waals surface area (Å²) in [5.41, 5.74) is 2.81. The number of rotatable bonds is 5. The predicted octanol–water partition coefficient (Wildman–Crippen LogP) is 6.21. The number of hydrogen-bond donors (Lipinski definition) is 0. The standard InChI is InChI=1S/C24H28N2OS2/c27-23-21-19-13-7-8-14-20(19)29-22(21)25-24(28-16-18-11-5-2-6-12-18)26(23)15-17-9-3-1-4-10-17/h2,5-6,11-12,17H,1,3-4,7-10,13-16H2. The molecule has 5 heteroatoms. The molecular formula is C24H28N2OS2. The van der Waals surface area contributed by atoms with E-state index in [9.17, 15) is 4.79 Å². The maximum absolute atomic E-state index is 13.7. The van der Waals surface area contributed by atoms with Crippen LogP contribution in [0.5, 0.6) is 0 Å². The van der Waals surface area contributed by atoms with Crippen LogP contribution in [0.15, 0.2) is 40.3 Å². The first-order valence-corrected chi connectivity index (χ1v) is 12.8. The lowest BCUT2D eigenvalue weighted by atomic mass is 9.89. The first-order valence-electron chi connectivity index (χ1n) is 11.0.